The Hall–Kier alpha value is -2.09. The van der Waals surface area contributed by atoms with Gasteiger partial charge < -0.3 is 4.90 Å². The highest BCUT2D eigenvalue weighted by molar-refractivity contribution is 5.83. The molecule has 0 fully saturated rings. The van der Waals surface area contributed by atoms with Gasteiger partial charge in [-0.3, -0.25) is 4.99 Å². The molecule has 0 radical (unpaired) electrons. The minimum atomic E-state index is 0.195. The summed E-state index contributed by atoms with van der Waals surface area (Å²) in [6, 6.07) is 17.4. The fourth-order valence-electron chi connectivity index (χ4n) is 4.19. The third-order valence-corrected chi connectivity index (χ3v) is 4.94. The molecule has 0 unspecified atom stereocenters. The molecule has 0 aromatic heterocycles. The first-order valence-electron chi connectivity index (χ1n) is 8.91. The Morgan fingerprint density at radius 3 is 2.50 bits per heavy atom. The monoisotopic (exact) mass is 320 g/mol. The molecule has 0 bridgehead atoms. The summed E-state index contributed by atoms with van der Waals surface area (Å²) in [5, 5.41) is 0. The van der Waals surface area contributed by atoms with Crippen molar-refractivity contribution in [3.05, 3.63) is 59.7 Å². The van der Waals surface area contributed by atoms with Crippen molar-refractivity contribution in [2.24, 2.45) is 4.99 Å². The van der Waals surface area contributed by atoms with Gasteiger partial charge in [0.25, 0.3) is 0 Å². The summed E-state index contributed by atoms with van der Waals surface area (Å²) in [6.07, 6.45) is 3.15. The maximum absolute atomic E-state index is 4.59. The smallest absolute Gasteiger partial charge is 0.0629 e. The summed E-state index contributed by atoms with van der Waals surface area (Å²) in [5.41, 5.74) is 5.19. The maximum Gasteiger partial charge on any atom is 0.0629 e. The van der Waals surface area contributed by atoms with Gasteiger partial charge >= 0.3 is 0 Å². The standard InChI is InChI=1S/C22H28N2/c1-16(2)24-21-12-11-18(15-23-19-9-7-6-8-10-19)13-20(21)17(3)14-22(24,4)5/h6-13,15-17H,14H2,1-5H3/t17-/m1/s1. The van der Waals surface area contributed by atoms with Crippen molar-refractivity contribution in [2.45, 2.75) is 58.5 Å². The van der Waals surface area contributed by atoms with Crippen molar-refractivity contribution >= 4 is 17.6 Å². The number of hydrogen-bond donors (Lipinski definition) is 0. The Morgan fingerprint density at radius 2 is 1.83 bits per heavy atom. The summed E-state index contributed by atoms with van der Waals surface area (Å²) < 4.78 is 0. The third kappa shape index (κ3) is 3.24. The van der Waals surface area contributed by atoms with Gasteiger partial charge in [0.2, 0.25) is 0 Å². The van der Waals surface area contributed by atoms with Gasteiger partial charge in [0.15, 0.2) is 0 Å². The second-order valence-corrected chi connectivity index (χ2v) is 7.79. The predicted octanol–water partition coefficient (Wildman–Crippen LogP) is 5.94. The molecular formula is C22H28N2. The normalized spacial score (nSPS) is 19.8. The molecular weight excluding hydrogens is 292 g/mol. The van der Waals surface area contributed by atoms with Crippen molar-refractivity contribution in [1.82, 2.24) is 0 Å². The van der Waals surface area contributed by atoms with Gasteiger partial charge in [-0.2, -0.15) is 0 Å². The largest absolute Gasteiger partial charge is 0.364 e. The fraction of sp³-hybridized carbons (Fsp3) is 0.409. The van der Waals surface area contributed by atoms with E-state index in [0.717, 1.165) is 5.69 Å². The predicted molar refractivity (Wildman–Crippen MR) is 105 cm³/mol. The summed E-state index contributed by atoms with van der Waals surface area (Å²) in [4.78, 5) is 7.16. The molecule has 0 aliphatic carbocycles. The zero-order chi connectivity index (χ0) is 17.3. The minimum Gasteiger partial charge on any atom is -0.364 e. The van der Waals surface area contributed by atoms with Crippen LogP contribution >= 0.6 is 0 Å². The second kappa shape index (κ2) is 6.43. The molecule has 3 rings (SSSR count). The van der Waals surface area contributed by atoms with Crippen LogP contribution in [-0.2, 0) is 0 Å². The summed E-state index contributed by atoms with van der Waals surface area (Å²) in [5.74, 6) is 0.565. The SMILES string of the molecule is CC(C)N1c2ccc(C=Nc3ccccc3)cc2[C@H](C)CC1(C)C. The van der Waals surface area contributed by atoms with Gasteiger partial charge in [-0.05, 0) is 75.4 Å². The quantitative estimate of drug-likeness (QED) is 0.639. The minimum absolute atomic E-state index is 0.195. The molecule has 0 N–H and O–H groups in total. The van der Waals surface area contributed by atoms with Crippen LogP contribution in [-0.4, -0.2) is 17.8 Å². The number of benzene rings is 2. The highest BCUT2D eigenvalue weighted by Gasteiger charge is 2.37. The molecule has 0 saturated heterocycles. The third-order valence-electron chi connectivity index (χ3n) is 4.94. The van der Waals surface area contributed by atoms with Crippen LogP contribution in [0.4, 0.5) is 11.4 Å². The van der Waals surface area contributed by atoms with Crippen LogP contribution in [0.3, 0.4) is 0 Å². The van der Waals surface area contributed by atoms with Crippen LogP contribution in [0, 0.1) is 0 Å². The number of hydrogen-bond acceptors (Lipinski definition) is 2. The van der Waals surface area contributed by atoms with Crippen LogP contribution in [0.15, 0.2) is 53.5 Å². The Morgan fingerprint density at radius 1 is 1.12 bits per heavy atom. The molecule has 2 aromatic rings. The number of fused-ring (bicyclic) bond motifs is 1. The van der Waals surface area contributed by atoms with Crippen LogP contribution in [0.5, 0.6) is 0 Å². The lowest BCUT2D eigenvalue weighted by Gasteiger charge is -2.50. The molecule has 1 aliphatic heterocycles. The first kappa shape index (κ1) is 16.8. The van der Waals surface area contributed by atoms with E-state index in [1.54, 1.807) is 0 Å². The van der Waals surface area contributed by atoms with Crippen molar-refractivity contribution in [1.29, 1.82) is 0 Å². The number of rotatable bonds is 3. The van der Waals surface area contributed by atoms with Crippen molar-refractivity contribution in [3.63, 3.8) is 0 Å². The van der Waals surface area contributed by atoms with Gasteiger partial charge in [-0.15, -0.1) is 0 Å². The van der Waals surface area contributed by atoms with E-state index in [9.17, 15) is 0 Å². The van der Waals surface area contributed by atoms with E-state index in [-0.39, 0.29) is 5.54 Å². The van der Waals surface area contributed by atoms with Crippen molar-refractivity contribution < 1.29 is 0 Å². The van der Waals surface area contributed by atoms with Crippen LogP contribution in [0.1, 0.15) is 58.1 Å². The van der Waals surface area contributed by atoms with Gasteiger partial charge in [0, 0.05) is 23.5 Å². The van der Waals surface area contributed by atoms with E-state index in [2.05, 4.69) is 62.7 Å². The number of para-hydroxylation sites is 1. The van der Waals surface area contributed by atoms with E-state index >= 15 is 0 Å². The summed E-state index contributed by atoms with van der Waals surface area (Å²) in [7, 11) is 0. The van der Waals surface area contributed by atoms with Gasteiger partial charge in [0.1, 0.15) is 0 Å². The van der Waals surface area contributed by atoms with E-state index in [1.165, 1.54) is 23.2 Å². The van der Waals surface area contributed by atoms with Crippen LogP contribution in [0.2, 0.25) is 0 Å². The molecule has 1 aliphatic rings. The average molecular weight is 320 g/mol. The molecule has 0 amide bonds. The molecule has 24 heavy (non-hydrogen) atoms. The highest BCUT2D eigenvalue weighted by Crippen LogP contribution is 2.44. The van der Waals surface area contributed by atoms with Crippen molar-refractivity contribution in [2.75, 3.05) is 4.90 Å². The van der Waals surface area contributed by atoms with E-state index in [4.69, 9.17) is 0 Å². The fourth-order valence-corrected chi connectivity index (χ4v) is 4.19. The van der Waals surface area contributed by atoms with Gasteiger partial charge in [-0.1, -0.05) is 31.2 Å². The second-order valence-electron chi connectivity index (χ2n) is 7.79. The molecule has 1 heterocycles. The Labute approximate surface area is 146 Å². The number of aliphatic imine (C=N–C) groups is 1. The summed E-state index contributed by atoms with van der Waals surface area (Å²) >= 11 is 0. The molecule has 2 aromatic carbocycles. The molecule has 126 valence electrons. The Bertz CT molecular complexity index is 729. The molecule has 2 nitrogen and oxygen atoms in total. The maximum atomic E-state index is 4.59. The topological polar surface area (TPSA) is 15.6 Å². The molecule has 0 saturated carbocycles. The zero-order valence-electron chi connectivity index (χ0n) is 15.5. The lowest BCUT2D eigenvalue weighted by atomic mass is 9.79. The van der Waals surface area contributed by atoms with E-state index < -0.39 is 0 Å². The molecule has 1 atom stereocenters. The first-order chi connectivity index (χ1) is 11.4. The zero-order valence-corrected chi connectivity index (χ0v) is 15.5. The van der Waals surface area contributed by atoms with Crippen molar-refractivity contribution in [3.8, 4) is 0 Å². The molecule has 2 heteroatoms. The highest BCUT2D eigenvalue weighted by atomic mass is 15.2. The number of nitrogens with zero attached hydrogens (tertiary/aromatic N) is 2. The summed E-state index contributed by atoms with van der Waals surface area (Å²) in [6.45, 7) is 11.6. The first-order valence-corrected chi connectivity index (χ1v) is 8.91. The van der Waals surface area contributed by atoms with E-state index in [1.807, 2.05) is 36.5 Å². The average Bonchev–Trinajstić information content (AvgIpc) is 2.53. The van der Waals surface area contributed by atoms with Crippen LogP contribution in [0.25, 0.3) is 0 Å². The Balaban J connectivity index is 1.96. The lowest BCUT2D eigenvalue weighted by Crippen LogP contribution is -2.51. The molecule has 0 spiro atoms. The Kier molecular flexibility index (Phi) is 4.49. The van der Waals surface area contributed by atoms with Gasteiger partial charge in [0.05, 0.1) is 5.69 Å². The van der Waals surface area contributed by atoms with E-state index in [0.29, 0.717) is 12.0 Å². The van der Waals surface area contributed by atoms with Crippen LogP contribution < -0.4 is 4.90 Å². The number of anilines is 1. The lowest BCUT2D eigenvalue weighted by molar-refractivity contribution is 0.356. The van der Waals surface area contributed by atoms with Gasteiger partial charge in [-0.25, -0.2) is 0 Å².